The molecule has 1 unspecified atom stereocenters. The van der Waals surface area contributed by atoms with Gasteiger partial charge >= 0.3 is 0 Å². The molecule has 0 saturated heterocycles. The number of thiophene rings is 2. The number of nitrogens with one attached hydrogen (secondary N) is 1. The van der Waals surface area contributed by atoms with Crippen molar-refractivity contribution in [3.8, 4) is 0 Å². The first-order valence-corrected chi connectivity index (χ1v) is 9.85. The van der Waals surface area contributed by atoms with E-state index in [0.29, 0.717) is 4.21 Å². The fraction of sp³-hybridized carbons (Fsp3) is 0.429. The van der Waals surface area contributed by atoms with Crippen molar-refractivity contribution in [3.05, 3.63) is 39.4 Å². The van der Waals surface area contributed by atoms with Gasteiger partial charge in [0.25, 0.3) is 10.0 Å². The lowest BCUT2D eigenvalue weighted by Crippen LogP contribution is -2.28. The molecular weight excluding hydrogens is 324 g/mol. The van der Waals surface area contributed by atoms with E-state index in [4.69, 9.17) is 0 Å². The SMILES string of the molecule is CNCCc1ccc(S(=O)(=O)N(C)C(C)c2cccs2)s1. The highest BCUT2D eigenvalue weighted by Crippen LogP contribution is 2.31. The average molecular weight is 345 g/mol. The van der Waals surface area contributed by atoms with Crippen LogP contribution < -0.4 is 5.32 Å². The van der Waals surface area contributed by atoms with Crippen LogP contribution in [0.15, 0.2) is 33.9 Å². The maximum atomic E-state index is 12.7. The maximum absolute atomic E-state index is 12.7. The zero-order chi connectivity index (χ0) is 15.5. The smallest absolute Gasteiger partial charge is 0.252 e. The van der Waals surface area contributed by atoms with Crippen molar-refractivity contribution in [1.82, 2.24) is 9.62 Å². The first kappa shape index (κ1) is 16.6. The summed E-state index contributed by atoms with van der Waals surface area (Å²) < 4.78 is 27.2. The minimum atomic E-state index is -3.43. The molecule has 0 radical (unpaired) electrons. The molecule has 116 valence electrons. The molecule has 0 amide bonds. The van der Waals surface area contributed by atoms with Crippen molar-refractivity contribution in [3.63, 3.8) is 0 Å². The predicted octanol–water partition coefficient (Wildman–Crippen LogP) is 2.95. The van der Waals surface area contributed by atoms with E-state index in [1.54, 1.807) is 24.5 Å². The molecular formula is C14H20N2O2S3. The molecule has 2 heterocycles. The topological polar surface area (TPSA) is 49.4 Å². The summed E-state index contributed by atoms with van der Waals surface area (Å²) in [6.45, 7) is 2.76. The molecule has 0 fully saturated rings. The quantitative estimate of drug-likeness (QED) is 0.840. The Labute approximate surface area is 134 Å². The minimum Gasteiger partial charge on any atom is -0.319 e. The summed E-state index contributed by atoms with van der Waals surface area (Å²) in [5.74, 6) is 0. The van der Waals surface area contributed by atoms with Gasteiger partial charge in [-0.05, 0) is 50.5 Å². The van der Waals surface area contributed by atoms with Crippen molar-refractivity contribution in [1.29, 1.82) is 0 Å². The molecule has 0 aromatic carbocycles. The van der Waals surface area contributed by atoms with E-state index in [1.165, 1.54) is 15.6 Å². The summed E-state index contributed by atoms with van der Waals surface area (Å²) in [6, 6.07) is 7.37. The van der Waals surface area contributed by atoms with Gasteiger partial charge in [0.15, 0.2) is 0 Å². The van der Waals surface area contributed by atoms with Crippen LogP contribution in [0, 0.1) is 0 Å². The molecule has 2 rings (SSSR count). The standard InChI is InChI=1S/C14H20N2O2S3/c1-11(13-5-4-10-19-13)16(3)21(17,18)14-7-6-12(20-14)8-9-15-2/h4-7,10-11,15H,8-9H2,1-3H3. The van der Waals surface area contributed by atoms with Crippen molar-refractivity contribution in [2.45, 2.75) is 23.6 Å². The van der Waals surface area contributed by atoms with Crippen LogP contribution in [-0.4, -0.2) is 33.4 Å². The van der Waals surface area contributed by atoms with Crippen molar-refractivity contribution < 1.29 is 8.42 Å². The normalized spacial score (nSPS) is 13.7. The fourth-order valence-electron chi connectivity index (χ4n) is 1.94. The van der Waals surface area contributed by atoms with Crippen molar-refractivity contribution in [2.75, 3.05) is 20.6 Å². The molecule has 1 N–H and O–H groups in total. The third-order valence-electron chi connectivity index (χ3n) is 3.39. The first-order chi connectivity index (χ1) is 9.96. The highest BCUT2D eigenvalue weighted by Gasteiger charge is 2.28. The third-order valence-corrected chi connectivity index (χ3v) is 7.98. The van der Waals surface area contributed by atoms with Crippen LogP contribution >= 0.6 is 22.7 Å². The van der Waals surface area contributed by atoms with E-state index in [-0.39, 0.29) is 6.04 Å². The second-order valence-corrected chi connectivity index (χ2v) is 9.16. The lowest BCUT2D eigenvalue weighted by Gasteiger charge is -2.22. The van der Waals surface area contributed by atoms with E-state index in [1.807, 2.05) is 37.6 Å². The van der Waals surface area contributed by atoms with E-state index in [9.17, 15) is 8.42 Å². The van der Waals surface area contributed by atoms with Crippen LogP contribution in [0.1, 0.15) is 22.7 Å². The van der Waals surface area contributed by atoms with Crippen LogP contribution in [0.3, 0.4) is 0 Å². The first-order valence-electron chi connectivity index (χ1n) is 6.71. The van der Waals surface area contributed by atoms with E-state index < -0.39 is 10.0 Å². The Kier molecular flexibility index (Phi) is 5.56. The number of nitrogens with zero attached hydrogens (tertiary/aromatic N) is 1. The van der Waals surface area contributed by atoms with Gasteiger partial charge in [0.05, 0.1) is 6.04 Å². The Morgan fingerprint density at radius 3 is 2.71 bits per heavy atom. The van der Waals surface area contributed by atoms with Crippen LogP contribution in [0.5, 0.6) is 0 Å². The Morgan fingerprint density at radius 1 is 1.33 bits per heavy atom. The molecule has 0 aliphatic carbocycles. The zero-order valence-electron chi connectivity index (χ0n) is 12.4. The van der Waals surface area contributed by atoms with Crippen LogP contribution in [0.25, 0.3) is 0 Å². The molecule has 21 heavy (non-hydrogen) atoms. The molecule has 1 atom stereocenters. The van der Waals surface area contributed by atoms with Gasteiger partial charge in [-0.15, -0.1) is 22.7 Å². The van der Waals surface area contributed by atoms with Crippen LogP contribution in [-0.2, 0) is 16.4 Å². The molecule has 2 aromatic rings. The number of hydrogen-bond acceptors (Lipinski definition) is 5. The third kappa shape index (κ3) is 3.73. The largest absolute Gasteiger partial charge is 0.319 e. The molecule has 0 bridgehead atoms. The van der Waals surface area contributed by atoms with E-state index in [2.05, 4.69) is 5.32 Å². The highest BCUT2D eigenvalue weighted by atomic mass is 32.2. The number of rotatable bonds is 7. The number of likely N-dealkylation sites (N-methyl/N-ethyl adjacent to an activating group) is 1. The van der Waals surface area contributed by atoms with Crippen molar-refractivity contribution in [2.24, 2.45) is 0 Å². The van der Waals surface area contributed by atoms with E-state index >= 15 is 0 Å². The molecule has 4 nitrogen and oxygen atoms in total. The lowest BCUT2D eigenvalue weighted by atomic mass is 10.3. The van der Waals surface area contributed by atoms with Gasteiger partial charge in [-0.1, -0.05) is 6.07 Å². The predicted molar refractivity (Wildman–Crippen MR) is 89.6 cm³/mol. The monoisotopic (exact) mass is 344 g/mol. The summed E-state index contributed by atoms with van der Waals surface area (Å²) >= 11 is 2.93. The zero-order valence-corrected chi connectivity index (χ0v) is 14.8. The lowest BCUT2D eigenvalue weighted by molar-refractivity contribution is 0.404. The average Bonchev–Trinajstić information content (AvgIpc) is 3.14. The molecule has 0 aliphatic heterocycles. The van der Waals surface area contributed by atoms with E-state index in [0.717, 1.165) is 22.7 Å². The van der Waals surface area contributed by atoms with Gasteiger partial charge in [-0.3, -0.25) is 0 Å². The second-order valence-electron chi connectivity index (χ2n) is 4.79. The second kappa shape index (κ2) is 7.02. The molecule has 0 aliphatic rings. The minimum absolute atomic E-state index is 0.155. The summed E-state index contributed by atoms with van der Waals surface area (Å²) in [7, 11) is 0.106. The van der Waals surface area contributed by atoms with Gasteiger partial charge in [0.1, 0.15) is 4.21 Å². The Hall–Kier alpha value is -0.730. The molecule has 2 aromatic heterocycles. The van der Waals surface area contributed by atoms with Crippen LogP contribution in [0.2, 0.25) is 0 Å². The van der Waals surface area contributed by atoms with Crippen LogP contribution in [0.4, 0.5) is 0 Å². The maximum Gasteiger partial charge on any atom is 0.252 e. The number of hydrogen-bond donors (Lipinski definition) is 1. The Bertz CT molecular complexity index is 662. The molecule has 0 saturated carbocycles. The van der Waals surface area contributed by atoms with Gasteiger partial charge < -0.3 is 5.32 Å². The Morgan fingerprint density at radius 2 is 2.10 bits per heavy atom. The Balaban J connectivity index is 2.19. The summed E-state index contributed by atoms with van der Waals surface area (Å²) in [4.78, 5) is 2.13. The summed E-state index contributed by atoms with van der Waals surface area (Å²) in [5, 5.41) is 5.04. The summed E-state index contributed by atoms with van der Waals surface area (Å²) in [6.07, 6.45) is 0.848. The van der Waals surface area contributed by atoms with Gasteiger partial charge in [-0.25, -0.2) is 8.42 Å². The number of sulfonamides is 1. The summed E-state index contributed by atoms with van der Waals surface area (Å²) in [5.41, 5.74) is 0. The van der Waals surface area contributed by atoms with Gasteiger partial charge in [-0.2, -0.15) is 4.31 Å². The van der Waals surface area contributed by atoms with Gasteiger partial charge in [0, 0.05) is 16.8 Å². The fourth-order valence-corrected chi connectivity index (χ4v) is 5.71. The van der Waals surface area contributed by atoms with Gasteiger partial charge in [0.2, 0.25) is 0 Å². The highest BCUT2D eigenvalue weighted by molar-refractivity contribution is 7.91. The molecule has 7 heteroatoms. The molecule has 0 spiro atoms. The van der Waals surface area contributed by atoms with Crippen molar-refractivity contribution >= 4 is 32.7 Å².